The molecule has 0 aromatic heterocycles. The van der Waals surface area contributed by atoms with Crippen molar-refractivity contribution in [1.29, 1.82) is 0 Å². The van der Waals surface area contributed by atoms with E-state index in [1.807, 2.05) is 20.8 Å². The Hall–Kier alpha value is -8.85. The highest BCUT2D eigenvalue weighted by atomic mass is 16.4. The molecule has 0 aliphatic rings. The van der Waals surface area contributed by atoms with Crippen molar-refractivity contribution in [3.8, 4) is 5.75 Å². The van der Waals surface area contributed by atoms with E-state index in [-0.39, 0.29) is 88.3 Å². The van der Waals surface area contributed by atoms with Crippen LogP contribution in [0.3, 0.4) is 0 Å². The van der Waals surface area contributed by atoms with E-state index in [4.69, 9.17) is 11.5 Å². The fourth-order valence-electron chi connectivity index (χ4n) is 12.5. The van der Waals surface area contributed by atoms with Gasteiger partial charge in [-0.25, -0.2) is 0 Å². The summed E-state index contributed by atoms with van der Waals surface area (Å²) in [6.45, 7) is 13.8. The van der Waals surface area contributed by atoms with Crippen LogP contribution in [-0.2, 0) is 78.3 Å². The first-order chi connectivity index (χ1) is 53.8. The number of nitrogens with one attached hydrogen (secondary N) is 12. The average molecular weight is 1600 g/mol. The van der Waals surface area contributed by atoms with Gasteiger partial charge in [0.2, 0.25) is 76.8 Å². The van der Waals surface area contributed by atoms with Gasteiger partial charge in [0.25, 0.3) is 0 Å². The highest BCUT2D eigenvalue weighted by Crippen LogP contribution is 2.18. The highest BCUT2D eigenvalue weighted by Gasteiger charge is 2.37. The van der Waals surface area contributed by atoms with Gasteiger partial charge in [-0.05, 0) is 108 Å². The third-order valence-electron chi connectivity index (χ3n) is 19.2. The number of carboxylic acid groups (broad SMARTS) is 1. The van der Waals surface area contributed by atoms with E-state index < -0.39 is 181 Å². The van der Waals surface area contributed by atoms with Crippen LogP contribution in [0.2, 0.25) is 0 Å². The molecule has 0 unspecified atom stereocenters. The SMILES string of the molecule is CCCCCCCCCCCCCCCC(=O)N[C@@H](CCCC)C(=O)NCC(=O)N[C@@H](Cc1ccc(O)cc1)C(=O)N[C@@H](CCC(N)=O)C(=O)N[C@@H](CCCCC)C(=O)N[C@@H](CCCCN)C(=O)N[C@@H](CC(C)C)C(=O)N[C@@H](CCCC)C(=O)N[C@@H](CO)C(=O)N[C@@H](CCC)C(=O)N[C@H](C(=O)N[C@@H](CC(=O)O)C(C)=O)[C@@H](C)O. The first-order valence-electron chi connectivity index (χ1n) is 41.2. The Balaban J connectivity index is 3.50. The van der Waals surface area contributed by atoms with Gasteiger partial charge in [-0.3, -0.25) is 71.9 Å². The van der Waals surface area contributed by atoms with E-state index in [1.165, 1.54) is 75.6 Å². The second-order valence-electron chi connectivity index (χ2n) is 29.9. The van der Waals surface area contributed by atoms with Gasteiger partial charge >= 0.3 is 5.97 Å². The van der Waals surface area contributed by atoms with Crippen molar-refractivity contribution in [3.63, 3.8) is 0 Å². The molecule has 1 aromatic carbocycles. The number of carboxylic acids is 1. The molecule has 0 spiro atoms. The molecular formula is C80H138N14O19. The van der Waals surface area contributed by atoms with Crippen LogP contribution in [-0.4, -0.2) is 201 Å². The first-order valence-corrected chi connectivity index (χ1v) is 41.2. The number of phenolic OH excluding ortho intramolecular Hbond substituents is 1. The number of ketones is 1. The van der Waals surface area contributed by atoms with Crippen molar-refractivity contribution in [3.05, 3.63) is 29.8 Å². The second kappa shape index (κ2) is 59.8. The molecule has 33 nitrogen and oxygen atoms in total. The highest BCUT2D eigenvalue weighted by molar-refractivity contribution is 6.00. The van der Waals surface area contributed by atoms with Gasteiger partial charge in [0.1, 0.15) is 66.2 Å². The van der Waals surface area contributed by atoms with Crippen molar-refractivity contribution < 1.29 is 92.3 Å². The Morgan fingerprint density at radius 2 is 0.770 bits per heavy atom. The first kappa shape index (κ1) is 102. The smallest absolute Gasteiger partial charge is 0.305 e. The second-order valence-corrected chi connectivity index (χ2v) is 29.9. The molecule has 1 rings (SSSR count). The molecule has 33 heteroatoms. The number of carbonyl (C=O) groups excluding carboxylic acids is 14. The molecule has 642 valence electrons. The Kier molecular flexibility index (Phi) is 54.1. The lowest BCUT2D eigenvalue weighted by molar-refractivity contribution is -0.141. The maximum atomic E-state index is 14.7. The lowest BCUT2D eigenvalue weighted by Crippen LogP contribution is -2.61. The minimum absolute atomic E-state index is 0.00624. The van der Waals surface area contributed by atoms with Crippen molar-refractivity contribution in [2.24, 2.45) is 17.4 Å². The molecule has 20 N–H and O–H groups in total. The molecule has 0 heterocycles. The quantitative estimate of drug-likeness (QED) is 0.0415. The third-order valence-corrected chi connectivity index (χ3v) is 19.2. The van der Waals surface area contributed by atoms with Crippen LogP contribution < -0.4 is 75.3 Å². The summed E-state index contributed by atoms with van der Waals surface area (Å²) < 4.78 is 0. The van der Waals surface area contributed by atoms with E-state index in [0.717, 1.165) is 46.0 Å². The maximum Gasteiger partial charge on any atom is 0.305 e. The summed E-state index contributed by atoms with van der Waals surface area (Å²) >= 11 is 0. The standard InChI is InChI=1S/C80H138N14O19/c1-10-15-19-20-21-22-23-24-25-26-27-28-30-38-67(100)84-57(34-17-12-3)71(104)83-49-68(101)85-64(47-54-39-41-55(98)42-40-54)78(111)90-61(43-44-66(82)99)75(108)88-59(36-29-16-11-2)72(105)87-60(37-31-32-45-81)73(106)92-63(46-51(6)7)77(110)89-58(35-18-13-4)74(107)93-65(50-95)79(112)86-56(33-14-5)76(109)94-70(53(9)97)80(113)91-62(52(8)96)48-69(102)103/h39-42,51,53,56-65,70,95,97-98H,10-38,43-50,81H2,1-9H3,(H2,82,99)(H,83,104)(H,84,100)(H,85,101)(H,86,112)(H,87,105)(H,88,108)(H,89,110)(H,90,111)(H,91,113)(H,92,106)(H,93,107)(H,94,109)(H,102,103)/t53-,56+,57+,58+,59+,60+,61+,62+,63+,64+,65+,70+/m1/s1. The summed E-state index contributed by atoms with van der Waals surface area (Å²) in [4.78, 5) is 204. The number of aliphatic hydroxyl groups is 2. The number of hydrogen-bond donors (Lipinski definition) is 18. The van der Waals surface area contributed by atoms with E-state index in [0.29, 0.717) is 63.4 Å². The lowest BCUT2D eigenvalue weighted by Gasteiger charge is -2.29. The summed E-state index contributed by atoms with van der Waals surface area (Å²) in [5, 5.41) is 71.1. The van der Waals surface area contributed by atoms with Crippen LogP contribution in [0.4, 0.5) is 0 Å². The zero-order chi connectivity index (χ0) is 84.8. The number of benzene rings is 1. The van der Waals surface area contributed by atoms with E-state index in [1.54, 1.807) is 20.8 Å². The molecule has 0 saturated heterocycles. The summed E-state index contributed by atoms with van der Waals surface area (Å²) in [6, 6.07) is -10.1. The Bertz CT molecular complexity index is 3090. The number of aromatic hydroxyl groups is 1. The minimum Gasteiger partial charge on any atom is -0.508 e. The van der Waals surface area contributed by atoms with Crippen molar-refractivity contribution in [2.75, 3.05) is 19.7 Å². The molecule has 0 fully saturated rings. The lowest BCUT2D eigenvalue weighted by atomic mass is 10.00. The van der Waals surface area contributed by atoms with Gasteiger partial charge in [-0.2, -0.15) is 0 Å². The number of unbranched alkanes of at least 4 members (excludes halogenated alkanes) is 17. The summed E-state index contributed by atoms with van der Waals surface area (Å²) in [7, 11) is 0. The van der Waals surface area contributed by atoms with Gasteiger partial charge in [0, 0.05) is 19.3 Å². The summed E-state index contributed by atoms with van der Waals surface area (Å²) in [5.74, 6) is -13.6. The zero-order valence-electron chi connectivity index (χ0n) is 68.5. The van der Waals surface area contributed by atoms with Crippen LogP contribution in [0.5, 0.6) is 5.75 Å². The predicted molar refractivity (Wildman–Crippen MR) is 427 cm³/mol. The van der Waals surface area contributed by atoms with Crippen LogP contribution in [0.1, 0.15) is 280 Å². The molecular weight excluding hydrogens is 1460 g/mol. The minimum atomic E-state index is -1.73. The molecule has 0 saturated carbocycles. The Morgan fingerprint density at radius 1 is 0.389 bits per heavy atom. The van der Waals surface area contributed by atoms with E-state index >= 15 is 0 Å². The van der Waals surface area contributed by atoms with Crippen molar-refractivity contribution in [1.82, 2.24) is 63.8 Å². The van der Waals surface area contributed by atoms with Crippen molar-refractivity contribution in [2.45, 2.75) is 353 Å². The van der Waals surface area contributed by atoms with E-state index in [2.05, 4.69) is 70.7 Å². The predicted octanol–water partition coefficient (Wildman–Crippen LogP) is 3.50. The monoisotopic (exact) mass is 1600 g/mol. The van der Waals surface area contributed by atoms with Gasteiger partial charge < -0.3 is 95.7 Å². The molecule has 0 bridgehead atoms. The number of primary amides is 1. The number of aliphatic carboxylic acids is 1. The summed E-state index contributed by atoms with van der Waals surface area (Å²) in [6.07, 6.45) is 16.8. The van der Waals surface area contributed by atoms with Crippen LogP contribution in [0.25, 0.3) is 0 Å². The molecule has 113 heavy (non-hydrogen) atoms. The van der Waals surface area contributed by atoms with Crippen LogP contribution >= 0.6 is 0 Å². The Labute approximate surface area is 667 Å². The van der Waals surface area contributed by atoms with Crippen molar-refractivity contribution >= 4 is 88.5 Å². The number of carbonyl (C=O) groups is 15. The fraction of sp³-hybridized carbons (Fsp3) is 0.738. The number of hydrogen-bond acceptors (Lipinski definition) is 19. The van der Waals surface area contributed by atoms with Gasteiger partial charge in [-0.1, -0.05) is 189 Å². The number of aliphatic hydroxyl groups excluding tert-OH is 2. The number of phenols is 1. The third kappa shape index (κ3) is 45.0. The number of amides is 13. The van der Waals surface area contributed by atoms with Crippen LogP contribution in [0, 0.1) is 5.92 Å². The largest absolute Gasteiger partial charge is 0.508 e. The number of rotatable bonds is 65. The molecule has 0 aliphatic heterocycles. The molecule has 0 aliphatic carbocycles. The van der Waals surface area contributed by atoms with Gasteiger partial charge in [0.05, 0.1) is 31.7 Å². The molecule has 0 radical (unpaired) electrons. The maximum absolute atomic E-state index is 14.7. The number of Topliss-reactive ketones (excluding diaryl/α,β-unsaturated/α-hetero) is 1. The molecule has 13 amide bonds. The fourth-order valence-corrected chi connectivity index (χ4v) is 12.5. The van der Waals surface area contributed by atoms with Gasteiger partial charge in [0.15, 0.2) is 5.78 Å². The zero-order valence-corrected chi connectivity index (χ0v) is 68.5. The van der Waals surface area contributed by atoms with Gasteiger partial charge in [-0.15, -0.1) is 0 Å². The summed E-state index contributed by atoms with van der Waals surface area (Å²) in [5.41, 5.74) is 11.9. The van der Waals surface area contributed by atoms with Crippen LogP contribution in [0.15, 0.2) is 24.3 Å². The van der Waals surface area contributed by atoms with E-state index in [9.17, 15) is 92.3 Å². The Morgan fingerprint density at radius 3 is 1.21 bits per heavy atom. The molecule has 1 aromatic rings. The molecule has 12 atom stereocenters. The topological polar surface area (TPSA) is 533 Å². The number of nitrogens with two attached hydrogens (primary N) is 2. The normalized spacial score (nSPS) is 14.4. The average Bonchev–Trinajstić information content (AvgIpc) is 0.860.